The summed E-state index contributed by atoms with van der Waals surface area (Å²) in [5, 5.41) is 0.692. The molecule has 0 amide bonds. The summed E-state index contributed by atoms with van der Waals surface area (Å²) < 4.78 is 27.3. The molecule has 2 rings (SSSR count). The van der Waals surface area contributed by atoms with Crippen molar-refractivity contribution in [1.82, 2.24) is 9.36 Å². The van der Waals surface area contributed by atoms with Gasteiger partial charge in [0.25, 0.3) is 0 Å². The second kappa shape index (κ2) is 4.23. The van der Waals surface area contributed by atoms with Crippen LogP contribution in [0.15, 0.2) is 33.9 Å². The van der Waals surface area contributed by atoms with E-state index in [2.05, 4.69) is 25.3 Å². The summed E-state index contributed by atoms with van der Waals surface area (Å²) in [7, 11) is -3.18. The maximum absolute atomic E-state index is 11.4. The van der Waals surface area contributed by atoms with Crippen LogP contribution in [0, 0.1) is 0 Å². The molecule has 0 N–H and O–H groups in total. The molecule has 1 aromatic carbocycles. The Bertz CT molecular complexity index is 622. The Labute approximate surface area is 106 Å². The Morgan fingerprint density at radius 1 is 1.38 bits per heavy atom. The van der Waals surface area contributed by atoms with Gasteiger partial charge in [0.05, 0.1) is 4.90 Å². The highest BCUT2D eigenvalue weighted by Crippen LogP contribution is 2.25. The average Bonchev–Trinajstić information content (AvgIpc) is 2.64. The van der Waals surface area contributed by atoms with Gasteiger partial charge in [0.1, 0.15) is 5.01 Å². The van der Waals surface area contributed by atoms with E-state index < -0.39 is 9.84 Å². The van der Waals surface area contributed by atoms with Gasteiger partial charge < -0.3 is 0 Å². The van der Waals surface area contributed by atoms with Crippen LogP contribution in [0.2, 0.25) is 0 Å². The summed E-state index contributed by atoms with van der Waals surface area (Å²) in [4.78, 5) is 4.42. The van der Waals surface area contributed by atoms with Gasteiger partial charge in [0.15, 0.2) is 9.84 Å². The van der Waals surface area contributed by atoms with Crippen molar-refractivity contribution in [2.24, 2.45) is 0 Å². The van der Waals surface area contributed by atoms with Gasteiger partial charge >= 0.3 is 0 Å². The van der Waals surface area contributed by atoms with E-state index in [9.17, 15) is 8.42 Å². The first-order chi connectivity index (χ1) is 7.47. The Kier molecular flexibility index (Phi) is 3.09. The van der Waals surface area contributed by atoms with Gasteiger partial charge in [-0.2, -0.15) is 4.37 Å². The molecule has 1 heterocycles. The highest BCUT2D eigenvalue weighted by molar-refractivity contribution is 9.10. The zero-order chi connectivity index (χ0) is 11.8. The molecule has 0 fully saturated rings. The first-order valence-corrected chi connectivity index (χ1v) is 7.72. The van der Waals surface area contributed by atoms with Gasteiger partial charge in [-0.15, -0.1) is 0 Å². The molecule has 0 aliphatic heterocycles. The SMILES string of the molecule is CS(=O)(=O)c1cccc(-c2nc(Br)ns2)c1. The van der Waals surface area contributed by atoms with Gasteiger partial charge in [-0.05, 0) is 39.6 Å². The molecular weight excluding hydrogens is 312 g/mol. The van der Waals surface area contributed by atoms with Crippen LogP contribution >= 0.6 is 27.5 Å². The molecule has 0 saturated heterocycles. The Morgan fingerprint density at radius 3 is 2.69 bits per heavy atom. The molecule has 0 bridgehead atoms. The molecule has 4 nitrogen and oxygen atoms in total. The minimum absolute atomic E-state index is 0.288. The second-order valence-electron chi connectivity index (χ2n) is 3.17. The highest BCUT2D eigenvalue weighted by atomic mass is 79.9. The molecule has 0 unspecified atom stereocenters. The van der Waals surface area contributed by atoms with Crippen LogP contribution in [0.25, 0.3) is 10.6 Å². The van der Waals surface area contributed by atoms with Crippen LogP contribution in [0.5, 0.6) is 0 Å². The molecule has 7 heteroatoms. The molecule has 2 aromatic rings. The molecule has 0 radical (unpaired) electrons. The zero-order valence-corrected chi connectivity index (χ0v) is 11.4. The number of nitrogens with zero attached hydrogens (tertiary/aromatic N) is 2. The summed E-state index contributed by atoms with van der Waals surface area (Å²) in [6.07, 6.45) is 1.18. The standard InChI is InChI=1S/C9H7BrN2O2S2/c1-16(13,14)7-4-2-3-6(5-7)8-11-9(10)12-15-8/h2-5H,1H3. The molecule has 0 spiro atoms. The van der Waals surface area contributed by atoms with E-state index in [0.29, 0.717) is 9.74 Å². The van der Waals surface area contributed by atoms with Gasteiger partial charge in [-0.25, -0.2) is 13.4 Å². The van der Waals surface area contributed by atoms with Crippen LogP contribution in [0.3, 0.4) is 0 Å². The normalized spacial score (nSPS) is 11.6. The van der Waals surface area contributed by atoms with Crippen LogP contribution in [0.1, 0.15) is 0 Å². The largest absolute Gasteiger partial charge is 0.224 e. The van der Waals surface area contributed by atoms with Crippen molar-refractivity contribution >= 4 is 37.3 Å². The molecule has 16 heavy (non-hydrogen) atoms. The van der Waals surface area contributed by atoms with Gasteiger partial charge in [0.2, 0.25) is 4.73 Å². The fourth-order valence-corrected chi connectivity index (χ4v) is 2.92. The number of halogens is 1. The number of aromatic nitrogens is 2. The monoisotopic (exact) mass is 318 g/mol. The molecule has 0 aliphatic rings. The lowest BCUT2D eigenvalue weighted by Crippen LogP contribution is -1.96. The molecule has 0 saturated carbocycles. The first kappa shape index (κ1) is 11.7. The summed E-state index contributed by atoms with van der Waals surface area (Å²) >= 11 is 4.38. The molecule has 1 aromatic heterocycles. The lowest BCUT2D eigenvalue weighted by molar-refractivity contribution is 0.602. The van der Waals surface area contributed by atoms with Crippen LogP contribution < -0.4 is 0 Å². The van der Waals surface area contributed by atoms with Crippen molar-refractivity contribution in [3.8, 4) is 10.6 Å². The molecule has 0 aliphatic carbocycles. The summed E-state index contributed by atoms with van der Waals surface area (Å²) in [5.41, 5.74) is 0.756. The number of rotatable bonds is 2. The number of hydrogen-bond donors (Lipinski definition) is 0. The number of sulfone groups is 1. The van der Waals surface area contributed by atoms with E-state index in [4.69, 9.17) is 0 Å². The first-order valence-electron chi connectivity index (χ1n) is 4.26. The third-order valence-corrected chi connectivity index (χ3v) is 4.37. The highest BCUT2D eigenvalue weighted by Gasteiger charge is 2.10. The van der Waals surface area contributed by atoms with Crippen molar-refractivity contribution in [2.75, 3.05) is 6.26 Å². The van der Waals surface area contributed by atoms with E-state index in [0.717, 1.165) is 5.56 Å². The van der Waals surface area contributed by atoms with E-state index >= 15 is 0 Å². The Balaban J connectivity index is 2.52. The van der Waals surface area contributed by atoms with Gasteiger partial charge in [-0.1, -0.05) is 12.1 Å². The van der Waals surface area contributed by atoms with E-state index in [1.54, 1.807) is 18.2 Å². The molecule has 84 valence electrons. The van der Waals surface area contributed by atoms with Gasteiger partial charge in [0, 0.05) is 11.8 Å². The minimum atomic E-state index is -3.18. The lowest BCUT2D eigenvalue weighted by atomic mass is 10.2. The quantitative estimate of drug-likeness (QED) is 0.853. The van der Waals surface area contributed by atoms with Crippen LogP contribution in [0.4, 0.5) is 0 Å². The second-order valence-corrected chi connectivity index (χ2v) is 6.65. The third kappa shape index (κ3) is 2.47. The zero-order valence-electron chi connectivity index (χ0n) is 8.21. The van der Waals surface area contributed by atoms with Crippen LogP contribution in [-0.4, -0.2) is 24.0 Å². The Morgan fingerprint density at radius 2 is 2.12 bits per heavy atom. The predicted molar refractivity (Wildman–Crippen MR) is 66.2 cm³/mol. The van der Waals surface area contributed by atoms with E-state index in [1.165, 1.54) is 17.8 Å². The number of hydrogen-bond acceptors (Lipinski definition) is 5. The fourth-order valence-electron chi connectivity index (χ4n) is 1.18. The van der Waals surface area contributed by atoms with Gasteiger partial charge in [-0.3, -0.25) is 0 Å². The third-order valence-electron chi connectivity index (χ3n) is 1.91. The maximum Gasteiger partial charge on any atom is 0.209 e. The van der Waals surface area contributed by atoms with E-state index in [-0.39, 0.29) is 4.90 Å². The minimum Gasteiger partial charge on any atom is -0.224 e. The van der Waals surface area contributed by atoms with E-state index in [1.807, 2.05) is 6.07 Å². The molecule has 0 atom stereocenters. The predicted octanol–water partition coefficient (Wildman–Crippen LogP) is 2.37. The lowest BCUT2D eigenvalue weighted by Gasteiger charge is -2.00. The summed E-state index contributed by atoms with van der Waals surface area (Å²) in [6, 6.07) is 6.67. The number of benzene rings is 1. The Hall–Kier alpha value is -0.790. The van der Waals surface area contributed by atoms with Crippen molar-refractivity contribution < 1.29 is 8.42 Å². The van der Waals surface area contributed by atoms with Crippen molar-refractivity contribution in [2.45, 2.75) is 4.90 Å². The maximum atomic E-state index is 11.4. The van der Waals surface area contributed by atoms with Crippen molar-refractivity contribution in [3.05, 3.63) is 29.0 Å². The average molecular weight is 319 g/mol. The van der Waals surface area contributed by atoms with Crippen LogP contribution in [-0.2, 0) is 9.84 Å². The van der Waals surface area contributed by atoms with Crippen molar-refractivity contribution in [3.63, 3.8) is 0 Å². The fraction of sp³-hybridized carbons (Fsp3) is 0.111. The summed E-state index contributed by atoms with van der Waals surface area (Å²) in [6.45, 7) is 0. The smallest absolute Gasteiger partial charge is 0.209 e. The van der Waals surface area contributed by atoms with Crippen molar-refractivity contribution in [1.29, 1.82) is 0 Å². The molecular formula is C9H7BrN2O2S2. The summed E-state index contributed by atoms with van der Waals surface area (Å²) in [5.74, 6) is 0. The topological polar surface area (TPSA) is 59.9 Å².